The van der Waals surface area contributed by atoms with Crippen molar-refractivity contribution in [1.82, 2.24) is 5.43 Å². The van der Waals surface area contributed by atoms with E-state index < -0.39 is 31.1 Å². The van der Waals surface area contributed by atoms with Crippen LogP contribution >= 0.6 is 47.8 Å². The number of hydrogen-bond acceptors (Lipinski definition) is 8. The van der Waals surface area contributed by atoms with Crippen molar-refractivity contribution in [2.75, 3.05) is 26.9 Å². The Kier molecular flexibility index (Phi) is 10.6. The number of carboxylic acid groups (broad SMARTS) is 2. The van der Waals surface area contributed by atoms with Gasteiger partial charge in [0.15, 0.2) is 37.1 Å². The maximum atomic E-state index is 12.1. The van der Waals surface area contributed by atoms with Gasteiger partial charge in [0.1, 0.15) is 10.2 Å². The number of hydrogen-bond donors (Lipinski definition) is 3. The Labute approximate surface area is 218 Å². The van der Waals surface area contributed by atoms with Gasteiger partial charge in [-0.1, -0.05) is 15.9 Å². The first-order chi connectivity index (χ1) is 16.1. The number of ether oxygens (including phenoxy) is 4. The fraction of sp³-hybridized carbons (Fsp3) is 0.200. The summed E-state index contributed by atoms with van der Waals surface area (Å²) in [5.41, 5.74) is 2.54. The number of hydrazone groups is 1. The van der Waals surface area contributed by atoms with Crippen LogP contribution in [0.1, 0.15) is 5.56 Å². The zero-order chi connectivity index (χ0) is 25.3. The molecule has 2 rings (SSSR count). The van der Waals surface area contributed by atoms with Crippen LogP contribution in [0.25, 0.3) is 0 Å². The molecule has 0 bridgehead atoms. The van der Waals surface area contributed by atoms with Gasteiger partial charge >= 0.3 is 11.9 Å². The highest BCUT2D eigenvalue weighted by Crippen LogP contribution is 2.42. The zero-order valence-electron chi connectivity index (χ0n) is 17.3. The van der Waals surface area contributed by atoms with Gasteiger partial charge in [-0.15, -0.1) is 0 Å². The molecule has 0 unspecified atom stereocenters. The molecule has 0 atom stereocenters. The monoisotopic (exact) mass is 666 g/mol. The third kappa shape index (κ3) is 8.18. The van der Waals surface area contributed by atoms with E-state index in [0.717, 1.165) is 4.47 Å². The van der Waals surface area contributed by atoms with E-state index in [0.29, 0.717) is 16.0 Å². The number of nitrogens with zero attached hydrogens (tertiary/aromatic N) is 1. The lowest BCUT2D eigenvalue weighted by Gasteiger charge is -2.15. The molecule has 11 nitrogen and oxygen atoms in total. The molecule has 0 heterocycles. The maximum absolute atomic E-state index is 12.1. The highest BCUT2D eigenvalue weighted by molar-refractivity contribution is 9.11. The van der Waals surface area contributed by atoms with Crippen molar-refractivity contribution >= 4 is 71.9 Å². The minimum absolute atomic E-state index is 0.0137. The van der Waals surface area contributed by atoms with Gasteiger partial charge in [-0.3, -0.25) is 4.79 Å². The summed E-state index contributed by atoms with van der Waals surface area (Å²) < 4.78 is 22.4. The quantitative estimate of drug-likeness (QED) is 0.228. The summed E-state index contributed by atoms with van der Waals surface area (Å²) in [6.45, 7) is -1.68. The Morgan fingerprint density at radius 2 is 1.59 bits per heavy atom. The van der Waals surface area contributed by atoms with Crippen LogP contribution in [0.2, 0.25) is 0 Å². The Hall–Kier alpha value is -2.84. The van der Waals surface area contributed by atoms with Crippen molar-refractivity contribution in [3.63, 3.8) is 0 Å². The predicted molar refractivity (Wildman–Crippen MR) is 130 cm³/mol. The van der Waals surface area contributed by atoms with E-state index in [1.807, 2.05) is 0 Å². The van der Waals surface area contributed by atoms with Crippen molar-refractivity contribution in [3.8, 4) is 23.0 Å². The molecule has 1 amide bonds. The molecular weight excluding hydrogens is 652 g/mol. The number of amides is 1. The van der Waals surface area contributed by atoms with Crippen molar-refractivity contribution in [2.45, 2.75) is 0 Å². The highest BCUT2D eigenvalue weighted by atomic mass is 79.9. The molecule has 0 radical (unpaired) electrons. The summed E-state index contributed by atoms with van der Waals surface area (Å²) in [6.07, 6.45) is 1.21. The van der Waals surface area contributed by atoms with E-state index in [9.17, 15) is 14.4 Å². The largest absolute Gasteiger partial charge is 0.493 e. The summed E-state index contributed by atoms with van der Waals surface area (Å²) in [7, 11) is 1.47. The molecule has 0 aliphatic rings. The Bertz CT molecular complexity index is 1110. The van der Waals surface area contributed by atoms with Gasteiger partial charge < -0.3 is 29.2 Å². The highest BCUT2D eigenvalue weighted by Gasteiger charge is 2.19. The number of carboxylic acids is 2. The lowest BCUT2D eigenvalue weighted by Crippen LogP contribution is -2.24. The van der Waals surface area contributed by atoms with Crippen LogP contribution in [0.3, 0.4) is 0 Å². The molecule has 0 aliphatic heterocycles. The fourth-order valence-electron chi connectivity index (χ4n) is 2.36. The smallest absolute Gasteiger partial charge is 0.341 e. The number of carbonyl (C=O) groups is 3. The van der Waals surface area contributed by atoms with E-state index in [1.165, 1.54) is 19.4 Å². The van der Waals surface area contributed by atoms with Crippen LogP contribution in [0.15, 0.2) is 42.8 Å². The molecule has 182 valence electrons. The van der Waals surface area contributed by atoms with Crippen LogP contribution in [0.4, 0.5) is 0 Å². The normalized spacial score (nSPS) is 10.6. The van der Waals surface area contributed by atoms with Crippen LogP contribution in [0.5, 0.6) is 23.0 Å². The molecule has 0 saturated heterocycles. The second-order valence-electron chi connectivity index (χ2n) is 6.16. The van der Waals surface area contributed by atoms with Crippen LogP contribution in [0, 0.1) is 0 Å². The minimum Gasteiger partial charge on any atom is -0.493 e. The zero-order valence-corrected chi connectivity index (χ0v) is 22.1. The van der Waals surface area contributed by atoms with Crippen LogP contribution in [-0.2, 0) is 14.4 Å². The number of methoxy groups -OCH3 is 1. The maximum Gasteiger partial charge on any atom is 0.341 e. The molecule has 2 aromatic carbocycles. The van der Waals surface area contributed by atoms with Crippen LogP contribution < -0.4 is 24.4 Å². The van der Waals surface area contributed by atoms with Crippen molar-refractivity contribution < 1.29 is 43.5 Å². The molecular formula is C20H17Br3N2O9. The summed E-state index contributed by atoms with van der Waals surface area (Å²) in [6, 6.07) is 6.50. The standard InChI is InChI=1S/C20H17Br3N2O9/c1-31-14-5-11(21)2-3-13(14)32-7-15(26)25-24-6-10-4-12(22)20(34-9-17(29)30)18(23)19(10)33-8-16(27)28/h2-6H,7-9H2,1H3,(H,25,26)(H,27,28)(H,29,30). The summed E-state index contributed by atoms with van der Waals surface area (Å²) in [5, 5.41) is 21.6. The van der Waals surface area contributed by atoms with Gasteiger partial charge in [-0.05, 0) is 56.1 Å². The van der Waals surface area contributed by atoms with E-state index in [2.05, 4.69) is 58.3 Å². The first kappa shape index (κ1) is 27.4. The average Bonchev–Trinajstić information content (AvgIpc) is 2.77. The fourth-order valence-corrected chi connectivity index (χ4v) is 4.19. The number of nitrogens with one attached hydrogen (secondary N) is 1. The van der Waals surface area contributed by atoms with E-state index in [4.69, 9.17) is 29.2 Å². The number of benzene rings is 2. The Morgan fingerprint density at radius 1 is 0.941 bits per heavy atom. The summed E-state index contributed by atoms with van der Waals surface area (Å²) >= 11 is 9.78. The second kappa shape index (κ2) is 13.2. The first-order valence-corrected chi connectivity index (χ1v) is 11.5. The summed E-state index contributed by atoms with van der Waals surface area (Å²) in [4.78, 5) is 33.9. The first-order valence-electron chi connectivity index (χ1n) is 9.11. The van der Waals surface area contributed by atoms with Gasteiger partial charge in [-0.2, -0.15) is 5.10 Å². The third-order valence-corrected chi connectivity index (χ3v) is 5.52. The van der Waals surface area contributed by atoms with E-state index in [1.54, 1.807) is 18.2 Å². The molecule has 34 heavy (non-hydrogen) atoms. The van der Waals surface area contributed by atoms with Crippen molar-refractivity contribution in [1.29, 1.82) is 0 Å². The van der Waals surface area contributed by atoms with Crippen LogP contribution in [-0.4, -0.2) is 61.2 Å². The third-order valence-electron chi connectivity index (χ3n) is 3.72. The molecule has 0 aliphatic carbocycles. The Balaban J connectivity index is 2.14. The molecule has 0 aromatic heterocycles. The molecule has 3 N–H and O–H groups in total. The SMILES string of the molecule is COc1cc(Br)ccc1OCC(=O)NN=Cc1cc(Br)c(OCC(=O)O)c(Br)c1OCC(=O)O. The molecule has 14 heteroatoms. The second-order valence-corrected chi connectivity index (χ2v) is 8.72. The molecule has 0 fully saturated rings. The number of halogens is 3. The topological polar surface area (TPSA) is 153 Å². The molecule has 2 aromatic rings. The van der Waals surface area contributed by atoms with Gasteiger partial charge in [0.2, 0.25) is 0 Å². The van der Waals surface area contributed by atoms with Gasteiger partial charge in [-0.25, -0.2) is 15.0 Å². The number of rotatable bonds is 12. The van der Waals surface area contributed by atoms with Crippen molar-refractivity contribution in [3.05, 3.63) is 43.2 Å². The predicted octanol–water partition coefficient (Wildman–Crippen LogP) is 3.44. The Morgan fingerprint density at radius 3 is 2.21 bits per heavy atom. The summed E-state index contributed by atoms with van der Waals surface area (Å²) in [5.74, 6) is -2.12. The minimum atomic E-state index is -1.24. The van der Waals surface area contributed by atoms with Gasteiger partial charge in [0.25, 0.3) is 5.91 Å². The average molecular weight is 669 g/mol. The lowest BCUT2D eigenvalue weighted by atomic mass is 10.2. The van der Waals surface area contributed by atoms with E-state index >= 15 is 0 Å². The van der Waals surface area contributed by atoms with Crippen molar-refractivity contribution in [2.24, 2.45) is 5.10 Å². The van der Waals surface area contributed by atoms with E-state index in [-0.39, 0.29) is 28.1 Å². The lowest BCUT2D eigenvalue weighted by molar-refractivity contribution is -0.140. The van der Waals surface area contributed by atoms with Gasteiger partial charge in [0.05, 0.1) is 17.8 Å². The van der Waals surface area contributed by atoms with Gasteiger partial charge in [0, 0.05) is 10.0 Å². The number of aliphatic carboxylic acids is 2. The molecule has 0 spiro atoms. The molecule has 0 saturated carbocycles. The number of carbonyl (C=O) groups excluding carboxylic acids is 1.